The Balaban J connectivity index is 1.79. The summed E-state index contributed by atoms with van der Waals surface area (Å²) >= 11 is 0. The Hall–Kier alpha value is -3.23. The summed E-state index contributed by atoms with van der Waals surface area (Å²) in [4.78, 5) is 21.8. The average molecular weight is 336 g/mol. The van der Waals surface area contributed by atoms with E-state index in [9.17, 15) is 23.7 Å². The molecule has 1 atom stereocenters. The minimum atomic E-state index is -1.33. The lowest BCUT2D eigenvalue weighted by molar-refractivity contribution is -0.387. The van der Waals surface area contributed by atoms with Crippen LogP contribution in [-0.2, 0) is 4.79 Å². The van der Waals surface area contributed by atoms with Crippen LogP contribution in [0.4, 0.5) is 20.2 Å². The third-order valence-corrected chi connectivity index (χ3v) is 3.29. The van der Waals surface area contributed by atoms with E-state index in [1.54, 1.807) is 24.3 Å². The van der Waals surface area contributed by atoms with E-state index in [4.69, 9.17) is 9.47 Å². The van der Waals surface area contributed by atoms with Crippen molar-refractivity contribution in [3.8, 4) is 11.5 Å². The van der Waals surface area contributed by atoms with Gasteiger partial charge in [-0.2, -0.15) is 4.39 Å². The highest BCUT2D eigenvalue weighted by Crippen LogP contribution is 2.31. The average Bonchev–Trinajstić information content (AvgIpc) is 2.56. The molecule has 1 heterocycles. The Labute approximate surface area is 134 Å². The molecule has 0 bridgehead atoms. The van der Waals surface area contributed by atoms with Crippen LogP contribution in [0.1, 0.15) is 0 Å². The number of fused-ring (bicyclic) bond motifs is 1. The quantitative estimate of drug-likeness (QED) is 0.687. The van der Waals surface area contributed by atoms with Crippen LogP contribution < -0.4 is 14.8 Å². The Bertz CT molecular complexity index is 828. The molecule has 0 radical (unpaired) electrons. The molecule has 0 aliphatic carbocycles. The number of hydrogen-bond acceptors (Lipinski definition) is 5. The van der Waals surface area contributed by atoms with E-state index in [2.05, 4.69) is 5.32 Å². The highest BCUT2D eigenvalue weighted by atomic mass is 19.1. The maximum absolute atomic E-state index is 13.7. The van der Waals surface area contributed by atoms with Crippen LogP contribution >= 0.6 is 0 Å². The summed E-state index contributed by atoms with van der Waals surface area (Å²) in [6.45, 7) is -0.117. The second-order valence-electron chi connectivity index (χ2n) is 4.89. The molecule has 1 aliphatic rings. The van der Waals surface area contributed by atoms with Gasteiger partial charge in [-0.15, -0.1) is 0 Å². The number of anilines is 1. The molecule has 1 N–H and O–H groups in total. The Morgan fingerprint density at radius 2 is 1.92 bits per heavy atom. The molecule has 0 saturated heterocycles. The van der Waals surface area contributed by atoms with Crippen LogP contribution in [0.25, 0.3) is 0 Å². The number of benzene rings is 2. The van der Waals surface area contributed by atoms with Gasteiger partial charge in [0.15, 0.2) is 11.5 Å². The number of nitrogens with one attached hydrogen (secondary N) is 1. The number of nitro groups is 1. The van der Waals surface area contributed by atoms with Crippen molar-refractivity contribution in [3.63, 3.8) is 0 Å². The normalized spacial score (nSPS) is 15.7. The second-order valence-corrected chi connectivity index (χ2v) is 4.89. The number of para-hydroxylation sites is 2. The van der Waals surface area contributed by atoms with Gasteiger partial charge >= 0.3 is 5.69 Å². The van der Waals surface area contributed by atoms with Crippen LogP contribution in [0.3, 0.4) is 0 Å². The van der Waals surface area contributed by atoms with Crippen LogP contribution in [0.2, 0.25) is 0 Å². The molecule has 0 unspecified atom stereocenters. The van der Waals surface area contributed by atoms with Crippen molar-refractivity contribution in [3.05, 3.63) is 58.1 Å². The van der Waals surface area contributed by atoms with Gasteiger partial charge in [-0.05, 0) is 12.1 Å². The molecule has 1 aliphatic heterocycles. The molecule has 0 aromatic heterocycles. The number of carbonyl (C=O) groups excluding carboxylic acids is 1. The number of amides is 1. The van der Waals surface area contributed by atoms with Crippen molar-refractivity contribution in [1.29, 1.82) is 0 Å². The summed E-state index contributed by atoms with van der Waals surface area (Å²) < 4.78 is 37.8. The van der Waals surface area contributed by atoms with Crippen molar-refractivity contribution in [2.24, 2.45) is 0 Å². The number of halogens is 2. The number of ether oxygens (including phenoxy) is 2. The zero-order chi connectivity index (χ0) is 17.3. The molecule has 2 aromatic rings. The third-order valence-electron chi connectivity index (χ3n) is 3.29. The highest BCUT2D eigenvalue weighted by Gasteiger charge is 2.29. The summed E-state index contributed by atoms with van der Waals surface area (Å²) in [6, 6.07) is 7.62. The molecule has 124 valence electrons. The maximum atomic E-state index is 13.7. The minimum Gasteiger partial charge on any atom is -0.485 e. The molecule has 0 fully saturated rings. The molecular formula is C15H10F2N2O5. The van der Waals surface area contributed by atoms with E-state index in [0.717, 1.165) is 0 Å². The second kappa shape index (κ2) is 6.11. The van der Waals surface area contributed by atoms with Crippen molar-refractivity contribution < 1.29 is 28.0 Å². The lowest BCUT2D eigenvalue weighted by Gasteiger charge is -2.25. The number of rotatable bonds is 3. The Morgan fingerprint density at radius 3 is 2.62 bits per heavy atom. The van der Waals surface area contributed by atoms with Crippen molar-refractivity contribution in [2.75, 3.05) is 11.9 Å². The lowest BCUT2D eigenvalue weighted by Crippen LogP contribution is -2.40. The van der Waals surface area contributed by atoms with Gasteiger partial charge in [0.25, 0.3) is 5.91 Å². The van der Waals surface area contributed by atoms with Gasteiger partial charge in [0.2, 0.25) is 11.9 Å². The SMILES string of the molecule is O=C(Nc1cc([N+](=O)[O-])c(F)cc1F)[C@@H]1COc2ccccc2O1. The topological polar surface area (TPSA) is 90.7 Å². The fourth-order valence-corrected chi connectivity index (χ4v) is 2.14. The predicted molar refractivity (Wildman–Crippen MR) is 78.0 cm³/mol. The van der Waals surface area contributed by atoms with Gasteiger partial charge in [-0.3, -0.25) is 14.9 Å². The Morgan fingerprint density at radius 1 is 1.21 bits per heavy atom. The number of hydrogen-bond donors (Lipinski definition) is 1. The van der Waals surface area contributed by atoms with Crippen molar-refractivity contribution >= 4 is 17.3 Å². The first kappa shape index (κ1) is 15.7. The number of carbonyl (C=O) groups is 1. The van der Waals surface area contributed by atoms with E-state index in [1.807, 2.05) is 0 Å². The van der Waals surface area contributed by atoms with E-state index >= 15 is 0 Å². The van der Waals surface area contributed by atoms with E-state index in [0.29, 0.717) is 23.6 Å². The molecule has 0 saturated carbocycles. The summed E-state index contributed by atoms with van der Waals surface area (Å²) in [5.41, 5.74) is -1.46. The van der Waals surface area contributed by atoms with Gasteiger partial charge in [-0.25, -0.2) is 4.39 Å². The molecule has 2 aromatic carbocycles. The monoisotopic (exact) mass is 336 g/mol. The van der Waals surface area contributed by atoms with Crippen LogP contribution in [-0.4, -0.2) is 23.5 Å². The first-order chi connectivity index (χ1) is 11.5. The molecule has 1 amide bonds. The van der Waals surface area contributed by atoms with Gasteiger partial charge in [-0.1, -0.05) is 12.1 Å². The molecule has 7 nitrogen and oxygen atoms in total. The number of nitro benzene ring substituents is 1. The largest absolute Gasteiger partial charge is 0.485 e. The van der Waals surface area contributed by atoms with E-state index in [-0.39, 0.29) is 6.61 Å². The van der Waals surface area contributed by atoms with Crippen LogP contribution in [0.15, 0.2) is 36.4 Å². The van der Waals surface area contributed by atoms with Crippen LogP contribution in [0.5, 0.6) is 11.5 Å². The molecular weight excluding hydrogens is 326 g/mol. The highest BCUT2D eigenvalue weighted by molar-refractivity contribution is 5.95. The fourth-order valence-electron chi connectivity index (χ4n) is 2.14. The molecule has 9 heteroatoms. The lowest BCUT2D eigenvalue weighted by atomic mass is 10.2. The molecule has 0 spiro atoms. The smallest absolute Gasteiger partial charge is 0.307 e. The molecule has 24 heavy (non-hydrogen) atoms. The number of nitrogens with zero attached hydrogens (tertiary/aromatic N) is 1. The van der Waals surface area contributed by atoms with E-state index < -0.39 is 39.9 Å². The molecule has 3 rings (SSSR count). The minimum absolute atomic E-state index is 0.117. The summed E-state index contributed by atoms with van der Waals surface area (Å²) in [5, 5.41) is 12.8. The van der Waals surface area contributed by atoms with Gasteiger partial charge in [0.1, 0.15) is 12.4 Å². The summed E-state index contributed by atoms with van der Waals surface area (Å²) in [5.74, 6) is -2.44. The maximum Gasteiger partial charge on any atom is 0.307 e. The van der Waals surface area contributed by atoms with E-state index in [1.165, 1.54) is 0 Å². The summed E-state index contributed by atoms with van der Waals surface area (Å²) in [7, 11) is 0. The zero-order valence-electron chi connectivity index (χ0n) is 12.0. The van der Waals surface area contributed by atoms with Gasteiger partial charge in [0.05, 0.1) is 10.6 Å². The first-order valence-electron chi connectivity index (χ1n) is 6.78. The Kier molecular flexibility index (Phi) is 3.98. The standard InChI is InChI=1S/C15H10F2N2O5/c16-8-5-9(17)11(19(21)22)6-10(8)18-15(20)14-7-23-12-3-1-2-4-13(12)24-14/h1-6,14H,7H2,(H,18,20)/t14-/m0/s1. The van der Waals surface area contributed by atoms with Gasteiger partial charge in [0, 0.05) is 12.1 Å². The van der Waals surface area contributed by atoms with Gasteiger partial charge < -0.3 is 14.8 Å². The van der Waals surface area contributed by atoms with Crippen LogP contribution in [0, 0.1) is 21.7 Å². The zero-order valence-corrected chi connectivity index (χ0v) is 12.0. The first-order valence-corrected chi connectivity index (χ1v) is 6.78. The van der Waals surface area contributed by atoms with Crippen molar-refractivity contribution in [1.82, 2.24) is 0 Å². The third kappa shape index (κ3) is 2.96. The predicted octanol–water partition coefficient (Wildman–Crippen LogP) is 2.65. The fraction of sp³-hybridized carbons (Fsp3) is 0.133. The van der Waals surface area contributed by atoms with Crippen molar-refractivity contribution in [2.45, 2.75) is 6.10 Å². The summed E-state index contributed by atoms with van der Waals surface area (Å²) in [6.07, 6.45) is -1.08.